The summed E-state index contributed by atoms with van der Waals surface area (Å²) < 4.78 is 1.53. The second kappa shape index (κ2) is 3.16. The molecular formula is C9H7N3O3. The summed E-state index contributed by atoms with van der Waals surface area (Å²) in [5, 5.41) is 10.6. The number of pyridine rings is 1. The van der Waals surface area contributed by atoms with Crippen LogP contribution in [-0.2, 0) is 0 Å². The van der Waals surface area contributed by atoms with Gasteiger partial charge in [-0.2, -0.15) is 0 Å². The molecule has 0 aliphatic heterocycles. The van der Waals surface area contributed by atoms with Gasteiger partial charge in [-0.1, -0.05) is 0 Å². The highest BCUT2D eigenvalue weighted by molar-refractivity contribution is 5.76. The Hall–Kier alpha value is -2.24. The zero-order valence-corrected chi connectivity index (χ0v) is 7.88. The first-order chi connectivity index (χ1) is 7.13. The third-order valence-electron chi connectivity index (χ3n) is 2.13. The Bertz CT molecular complexity index is 559. The predicted octanol–water partition coefficient (Wildman–Crippen LogP) is 1.36. The van der Waals surface area contributed by atoms with Gasteiger partial charge in [0, 0.05) is 18.7 Å². The smallest absolute Gasteiger partial charge is 0.358 e. The van der Waals surface area contributed by atoms with E-state index < -0.39 is 4.92 Å². The minimum Gasteiger partial charge on any atom is -0.358 e. The summed E-state index contributed by atoms with van der Waals surface area (Å²) in [4.78, 5) is 24.5. The molecule has 76 valence electrons. The molecule has 6 nitrogen and oxygen atoms in total. The van der Waals surface area contributed by atoms with Gasteiger partial charge >= 0.3 is 5.82 Å². The first kappa shape index (κ1) is 9.32. The Balaban J connectivity index is 2.80. The van der Waals surface area contributed by atoms with Crippen LogP contribution in [0.15, 0.2) is 18.3 Å². The number of rotatable bonds is 2. The van der Waals surface area contributed by atoms with Gasteiger partial charge in [0.1, 0.15) is 5.52 Å². The molecule has 0 fully saturated rings. The number of imidazole rings is 1. The number of aldehydes is 1. The van der Waals surface area contributed by atoms with E-state index in [-0.39, 0.29) is 5.82 Å². The fourth-order valence-corrected chi connectivity index (χ4v) is 1.44. The molecule has 0 bridgehead atoms. The maximum Gasteiger partial charge on any atom is 0.389 e. The van der Waals surface area contributed by atoms with Gasteiger partial charge in [0.25, 0.3) is 0 Å². The van der Waals surface area contributed by atoms with Crippen LogP contribution in [0.2, 0.25) is 0 Å². The molecule has 0 aliphatic carbocycles. The molecule has 2 heterocycles. The Morgan fingerprint density at radius 2 is 2.27 bits per heavy atom. The molecule has 0 saturated carbocycles. The largest absolute Gasteiger partial charge is 0.389 e. The van der Waals surface area contributed by atoms with E-state index in [1.807, 2.05) is 0 Å². The number of hydrogen-bond acceptors (Lipinski definition) is 4. The maximum atomic E-state index is 10.6. The highest BCUT2D eigenvalue weighted by Gasteiger charge is 2.18. The van der Waals surface area contributed by atoms with Crippen LogP contribution in [-0.4, -0.2) is 20.6 Å². The van der Waals surface area contributed by atoms with Crippen LogP contribution in [0.4, 0.5) is 5.82 Å². The number of nitrogens with zero attached hydrogens (tertiary/aromatic N) is 3. The highest BCUT2D eigenvalue weighted by Crippen LogP contribution is 2.20. The summed E-state index contributed by atoms with van der Waals surface area (Å²) in [6, 6.07) is 3.04. The molecule has 0 aromatic carbocycles. The lowest BCUT2D eigenvalue weighted by atomic mass is 10.3. The second-order valence-electron chi connectivity index (χ2n) is 3.08. The predicted molar refractivity (Wildman–Crippen MR) is 52.0 cm³/mol. The standard InChI is InChI=1S/C9H7N3O3/c1-6-10-9(12(14)15)8-3-2-7(5-13)4-11(6)8/h2-5H,1H3. The summed E-state index contributed by atoms with van der Waals surface area (Å²) in [6.07, 6.45) is 2.21. The van der Waals surface area contributed by atoms with Crippen LogP contribution < -0.4 is 0 Å². The van der Waals surface area contributed by atoms with Crippen molar-refractivity contribution in [1.82, 2.24) is 9.38 Å². The van der Waals surface area contributed by atoms with Gasteiger partial charge < -0.3 is 10.1 Å². The average Bonchev–Trinajstić information content (AvgIpc) is 2.56. The lowest BCUT2D eigenvalue weighted by molar-refractivity contribution is -0.387. The Morgan fingerprint density at radius 1 is 1.53 bits per heavy atom. The van der Waals surface area contributed by atoms with Crippen LogP contribution >= 0.6 is 0 Å². The molecule has 2 aromatic heterocycles. The fourth-order valence-electron chi connectivity index (χ4n) is 1.44. The van der Waals surface area contributed by atoms with Gasteiger partial charge in [-0.05, 0) is 22.0 Å². The van der Waals surface area contributed by atoms with Gasteiger partial charge in [0.15, 0.2) is 6.29 Å². The Labute approximate surface area is 84.3 Å². The Kier molecular flexibility index (Phi) is 1.96. The van der Waals surface area contributed by atoms with E-state index in [0.29, 0.717) is 23.2 Å². The van der Waals surface area contributed by atoms with Gasteiger partial charge in [-0.25, -0.2) is 0 Å². The average molecular weight is 205 g/mol. The molecule has 0 atom stereocenters. The van der Waals surface area contributed by atoms with Gasteiger partial charge in [0.2, 0.25) is 5.82 Å². The lowest BCUT2D eigenvalue weighted by Gasteiger charge is -1.94. The van der Waals surface area contributed by atoms with Crippen LogP contribution in [0.1, 0.15) is 16.2 Å². The third-order valence-corrected chi connectivity index (χ3v) is 2.13. The quantitative estimate of drug-likeness (QED) is 0.421. The minimum atomic E-state index is -0.539. The van der Waals surface area contributed by atoms with Crippen molar-refractivity contribution >= 4 is 17.6 Å². The van der Waals surface area contributed by atoms with E-state index in [1.165, 1.54) is 22.7 Å². The molecule has 0 N–H and O–H groups in total. The monoisotopic (exact) mass is 205 g/mol. The van der Waals surface area contributed by atoms with Crippen molar-refractivity contribution in [2.45, 2.75) is 6.92 Å². The summed E-state index contributed by atoms with van der Waals surface area (Å²) in [7, 11) is 0. The van der Waals surface area contributed by atoms with Crippen LogP contribution in [0.5, 0.6) is 0 Å². The molecule has 0 amide bonds. The van der Waals surface area contributed by atoms with Gasteiger partial charge in [0.05, 0.1) is 0 Å². The number of hydrogen-bond donors (Lipinski definition) is 0. The summed E-state index contributed by atoms with van der Waals surface area (Å²) in [6.45, 7) is 1.65. The van der Waals surface area contributed by atoms with Gasteiger partial charge in [-0.3, -0.25) is 9.20 Å². The van der Waals surface area contributed by atoms with Crippen molar-refractivity contribution in [3.63, 3.8) is 0 Å². The minimum absolute atomic E-state index is 0.190. The van der Waals surface area contributed by atoms with Gasteiger partial charge in [-0.15, -0.1) is 0 Å². The van der Waals surface area contributed by atoms with Crippen molar-refractivity contribution in [1.29, 1.82) is 0 Å². The third kappa shape index (κ3) is 1.35. The number of fused-ring (bicyclic) bond motifs is 1. The number of aryl methyl sites for hydroxylation is 1. The fraction of sp³-hybridized carbons (Fsp3) is 0.111. The lowest BCUT2D eigenvalue weighted by Crippen LogP contribution is -1.91. The summed E-state index contributed by atoms with van der Waals surface area (Å²) in [5.74, 6) is 0.297. The van der Waals surface area contributed by atoms with E-state index in [9.17, 15) is 14.9 Å². The summed E-state index contributed by atoms with van der Waals surface area (Å²) in [5.41, 5.74) is 0.848. The zero-order chi connectivity index (χ0) is 11.0. The first-order valence-electron chi connectivity index (χ1n) is 4.22. The zero-order valence-electron chi connectivity index (χ0n) is 7.88. The van der Waals surface area contributed by atoms with Crippen molar-refractivity contribution in [2.75, 3.05) is 0 Å². The van der Waals surface area contributed by atoms with E-state index >= 15 is 0 Å². The molecule has 0 saturated heterocycles. The topological polar surface area (TPSA) is 77.5 Å². The molecule has 0 aliphatic rings. The summed E-state index contributed by atoms with van der Waals surface area (Å²) >= 11 is 0. The molecule has 0 unspecified atom stereocenters. The van der Waals surface area contributed by atoms with Crippen molar-refractivity contribution in [3.05, 3.63) is 39.8 Å². The van der Waals surface area contributed by atoms with Crippen LogP contribution in [0, 0.1) is 17.0 Å². The number of aromatic nitrogens is 2. The molecule has 6 heteroatoms. The van der Waals surface area contributed by atoms with Crippen molar-refractivity contribution in [2.24, 2.45) is 0 Å². The molecule has 2 rings (SSSR count). The molecular weight excluding hydrogens is 198 g/mol. The Morgan fingerprint density at radius 3 is 2.87 bits per heavy atom. The number of carbonyl (C=O) groups is 1. The van der Waals surface area contributed by atoms with Crippen LogP contribution in [0.3, 0.4) is 0 Å². The molecule has 2 aromatic rings. The normalized spacial score (nSPS) is 10.5. The number of carbonyl (C=O) groups excluding carboxylic acids is 1. The van der Waals surface area contributed by atoms with E-state index in [2.05, 4.69) is 4.98 Å². The van der Waals surface area contributed by atoms with E-state index in [4.69, 9.17) is 0 Å². The highest BCUT2D eigenvalue weighted by atomic mass is 16.6. The van der Waals surface area contributed by atoms with Crippen LogP contribution in [0.25, 0.3) is 5.52 Å². The number of nitro groups is 1. The van der Waals surface area contributed by atoms with Crippen molar-refractivity contribution < 1.29 is 9.72 Å². The second-order valence-corrected chi connectivity index (χ2v) is 3.08. The van der Waals surface area contributed by atoms with Crippen molar-refractivity contribution in [3.8, 4) is 0 Å². The van der Waals surface area contributed by atoms with E-state index in [0.717, 1.165) is 0 Å². The molecule has 0 radical (unpaired) electrons. The van der Waals surface area contributed by atoms with E-state index in [1.54, 1.807) is 6.92 Å². The molecule has 15 heavy (non-hydrogen) atoms. The maximum absolute atomic E-state index is 10.6. The molecule has 0 spiro atoms. The SMILES string of the molecule is Cc1nc([N+](=O)[O-])c2ccc(C=O)cn12. The first-order valence-corrected chi connectivity index (χ1v) is 4.22.